The first-order valence-corrected chi connectivity index (χ1v) is 7.04. The second-order valence-corrected chi connectivity index (χ2v) is 5.55. The van der Waals surface area contributed by atoms with Crippen molar-refractivity contribution in [2.24, 2.45) is 11.8 Å². The molecule has 7 nitrogen and oxygen atoms in total. The summed E-state index contributed by atoms with van der Waals surface area (Å²) in [6.45, 7) is 0. The number of aromatic carboxylic acids is 2. The number of rotatable bonds is 3. The van der Waals surface area contributed by atoms with Crippen molar-refractivity contribution in [3.63, 3.8) is 0 Å². The fourth-order valence-corrected chi connectivity index (χ4v) is 3.04. The van der Waals surface area contributed by atoms with E-state index in [0.29, 0.717) is 12.8 Å². The Kier molecular flexibility index (Phi) is 3.48. The van der Waals surface area contributed by atoms with Crippen molar-refractivity contribution >= 4 is 29.4 Å². The third-order valence-corrected chi connectivity index (χ3v) is 4.18. The summed E-state index contributed by atoms with van der Waals surface area (Å²) in [5.41, 5.74) is -0.575. The first kappa shape index (κ1) is 15.0. The normalized spacial score (nSPS) is 23.0. The highest BCUT2D eigenvalue weighted by Gasteiger charge is 2.48. The van der Waals surface area contributed by atoms with Gasteiger partial charge in [-0.2, -0.15) is 0 Å². The van der Waals surface area contributed by atoms with Crippen LogP contribution in [0.15, 0.2) is 30.4 Å². The summed E-state index contributed by atoms with van der Waals surface area (Å²) in [6.07, 6.45) is 4.59. The predicted octanol–water partition coefficient (Wildman–Crippen LogP) is 1.54. The lowest BCUT2D eigenvalue weighted by atomic mass is 9.85. The molecule has 2 amide bonds. The Bertz CT molecular complexity index is 708. The average Bonchev–Trinajstić information content (AvgIpc) is 2.79. The third-order valence-electron chi connectivity index (χ3n) is 4.18. The molecule has 0 spiro atoms. The molecule has 2 aliphatic rings. The molecule has 3 rings (SSSR count). The molecule has 0 aromatic heterocycles. The van der Waals surface area contributed by atoms with Gasteiger partial charge in [0, 0.05) is 0 Å². The van der Waals surface area contributed by atoms with Gasteiger partial charge in [-0.1, -0.05) is 12.2 Å². The zero-order chi connectivity index (χ0) is 16.7. The van der Waals surface area contributed by atoms with Crippen LogP contribution < -0.4 is 4.90 Å². The van der Waals surface area contributed by atoms with Crippen LogP contribution in [-0.4, -0.2) is 34.0 Å². The Morgan fingerprint density at radius 1 is 0.870 bits per heavy atom. The SMILES string of the molecule is O=C(O)c1cc(C(=O)O)cc(N2C(=O)C3CC=CCC3C2=O)c1. The van der Waals surface area contributed by atoms with Crippen molar-refractivity contribution in [3.05, 3.63) is 41.5 Å². The van der Waals surface area contributed by atoms with Crippen molar-refractivity contribution in [1.29, 1.82) is 0 Å². The van der Waals surface area contributed by atoms with Crippen LogP contribution in [0.1, 0.15) is 33.6 Å². The number of anilines is 1. The number of carbonyl (C=O) groups is 4. The van der Waals surface area contributed by atoms with Gasteiger partial charge in [0.05, 0.1) is 28.7 Å². The summed E-state index contributed by atoms with van der Waals surface area (Å²) >= 11 is 0. The van der Waals surface area contributed by atoms with E-state index in [-0.39, 0.29) is 16.8 Å². The fourth-order valence-electron chi connectivity index (χ4n) is 3.04. The lowest BCUT2D eigenvalue weighted by Gasteiger charge is -2.16. The monoisotopic (exact) mass is 315 g/mol. The minimum atomic E-state index is -1.33. The van der Waals surface area contributed by atoms with Gasteiger partial charge in [-0.15, -0.1) is 0 Å². The molecular weight excluding hydrogens is 302 g/mol. The van der Waals surface area contributed by atoms with Crippen molar-refractivity contribution in [1.82, 2.24) is 0 Å². The topological polar surface area (TPSA) is 112 Å². The number of fused-ring (bicyclic) bond motifs is 1. The maximum atomic E-state index is 12.5. The van der Waals surface area contributed by atoms with Gasteiger partial charge in [-0.05, 0) is 31.0 Å². The summed E-state index contributed by atoms with van der Waals surface area (Å²) in [5, 5.41) is 18.2. The number of amides is 2. The molecule has 0 bridgehead atoms. The zero-order valence-corrected chi connectivity index (χ0v) is 11.9. The van der Waals surface area contributed by atoms with Crippen LogP contribution in [0.4, 0.5) is 5.69 Å². The van der Waals surface area contributed by atoms with Crippen molar-refractivity contribution < 1.29 is 29.4 Å². The maximum Gasteiger partial charge on any atom is 0.335 e. The van der Waals surface area contributed by atoms with E-state index in [4.69, 9.17) is 10.2 Å². The quantitative estimate of drug-likeness (QED) is 0.646. The number of carboxylic acids is 2. The van der Waals surface area contributed by atoms with E-state index >= 15 is 0 Å². The lowest BCUT2D eigenvalue weighted by molar-refractivity contribution is -0.122. The average molecular weight is 315 g/mol. The Morgan fingerprint density at radius 3 is 1.70 bits per heavy atom. The predicted molar refractivity (Wildman–Crippen MR) is 78.2 cm³/mol. The zero-order valence-electron chi connectivity index (χ0n) is 11.9. The van der Waals surface area contributed by atoms with E-state index in [1.807, 2.05) is 12.2 Å². The molecule has 1 saturated heterocycles. The van der Waals surface area contributed by atoms with Crippen molar-refractivity contribution in [2.75, 3.05) is 4.90 Å². The molecule has 2 N–H and O–H groups in total. The number of imide groups is 1. The Morgan fingerprint density at radius 2 is 1.30 bits per heavy atom. The molecule has 0 saturated carbocycles. The van der Waals surface area contributed by atoms with Gasteiger partial charge in [0.25, 0.3) is 0 Å². The number of carbonyl (C=O) groups excluding carboxylic acids is 2. The summed E-state index contributed by atoms with van der Waals surface area (Å²) in [7, 11) is 0. The summed E-state index contributed by atoms with van der Waals surface area (Å²) in [4.78, 5) is 48.2. The Balaban J connectivity index is 2.07. The highest BCUT2D eigenvalue weighted by molar-refractivity contribution is 6.22. The van der Waals surface area contributed by atoms with Gasteiger partial charge in [0.2, 0.25) is 11.8 Å². The summed E-state index contributed by atoms with van der Waals surface area (Å²) < 4.78 is 0. The summed E-state index contributed by atoms with van der Waals surface area (Å²) in [6, 6.07) is 3.29. The molecule has 7 heteroatoms. The maximum absolute atomic E-state index is 12.5. The Labute approximate surface area is 130 Å². The van der Waals surface area contributed by atoms with Crippen molar-refractivity contribution in [3.8, 4) is 0 Å². The minimum absolute atomic E-state index is 0.00769. The van der Waals surface area contributed by atoms with Crippen LogP contribution in [0.2, 0.25) is 0 Å². The van der Waals surface area contributed by atoms with Crippen molar-refractivity contribution in [2.45, 2.75) is 12.8 Å². The number of allylic oxidation sites excluding steroid dienone is 2. The van der Waals surface area contributed by atoms with Crippen LogP contribution in [0.5, 0.6) is 0 Å². The van der Waals surface area contributed by atoms with Gasteiger partial charge in [-0.3, -0.25) is 9.59 Å². The Hall–Kier alpha value is -2.96. The van der Waals surface area contributed by atoms with Crippen LogP contribution >= 0.6 is 0 Å². The molecule has 2 atom stereocenters. The largest absolute Gasteiger partial charge is 0.478 e. The molecule has 2 unspecified atom stereocenters. The van der Waals surface area contributed by atoms with E-state index in [9.17, 15) is 19.2 Å². The second-order valence-electron chi connectivity index (χ2n) is 5.55. The van der Waals surface area contributed by atoms with E-state index in [0.717, 1.165) is 23.1 Å². The van der Waals surface area contributed by atoms with Crippen LogP contribution in [0.25, 0.3) is 0 Å². The molecule has 0 radical (unpaired) electrons. The molecule has 118 valence electrons. The highest BCUT2D eigenvalue weighted by Crippen LogP contribution is 2.38. The number of hydrogen-bond donors (Lipinski definition) is 2. The smallest absolute Gasteiger partial charge is 0.335 e. The molecule has 1 aromatic carbocycles. The van der Waals surface area contributed by atoms with Gasteiger partial charge < -0.3 is 10.2 Å². The number of hydrogen-bond acceptors (Lipinski definition) is 4. The minimum Gasteiger partial charge on any atom is -0.478 e. The molecule has 1 heterocycles. The first-order valence-electron chi connectivity index (χ1n) is 7.04. The highest BCUT2D eigenvalue weighted by atomic mass is 16.4. The molecule has 1 aliphatic heterocycles. The number of nitrogens with zero attached hydrogens (tertiary/aromatic N) is 1. The van der Waals surface area contributed by atoms with E-state index in [1.165, 1.54) is 0 Å². The molecule has 1 fully saturated rings. The van der Waals surface area contributed by atoms with Crippen LogP contribution in [0, 0.1) is 11.8 Å². The van der Waals surface area contributed by atoms with Gasteiger partial charge >= 0.3 is 11.9 Å². The molecule has 1 aromatic rings. The lowest BCUT2D eigenvalue weighted by Crippen LogP contribution is -2.31. The van der Waals surface area contributed by atoms with Gasteiger partial charge in [-0.25, -0.2) is 14.5 Å². The number of carboxylic acid groups (broad SMARTS) is 2. The number of benzene rings is 1. The molecular formula is C16H13NO6. The van der Waals surface area contributed by atoms with E-state index < -0.39 is 35.6 Å². The van der Waals surface area contributed by atoms with Gasteiger partial charge in [0.1, 0.15) is 0 Å². The van der Waals surface area contributed by atoms with Gasteiger partial charge in [0.15, 0.2) is 0 Å². The summed E-state index contributed by atoms with van der Waals surface area (Å²) in [5.74, 6) is -4.41. The van der Waals surface area contributed by atoms with Crippen LogP contribution in [0.3, 0.4) is 0 Å². The first-order chi connectivity index (χ1) is 10.9. The van der Waals surface area contributed by atoms with E-state index in [1.54, 1.807) is 0 Å². The fraction of sp³-hybridized carbons (Fsp3) is 0.250. The standard InChI is InChI=1S/C16H13NO6/c18-13-11-3-1-2-4-12(11)14(19)17(13)10-6-8(15(20)21)5-9(7-10)16(22)23/h1-2,5-7,11-12H,3-4H2,(H,20,21)(H,22,23). The van der Waals surface area contributed by atoms with Crippen LogP contribution in [-0.2, 0) is 9.59 Å². The molecule has 23 heavy (non-hydrogen) atoms. The second kappa shape index (κ2) is 5.35. The van der Waals surface area contributed by atoms with E-state index in [2.05, 4.69) is 0 Å². The molecule has 1 aliphatic carbocycles. The third kappa shape index (κ3) is 2.40.